The molecule has 7 rings (SSSR count). The van der Waals surface area contributed by atoms with Gasteiger partial charge in [0.1, 0.15) is 16.4 Å². The van der Waals surface area contributed by atoms with Crippen LogP contribution in [0.5, 0.6) is 5.75 Å². The van der Waals surface area contributed by atoms with Crippen LogP contribution in [0.25, 0.3) is 10.9 Å². The lowest BCUT2D eigenvalue weighted by Gasteiger charge is -2.51. The lowest BCUT2D eigenvalue weighted by atomic mass is 9.73. The molecule has 4 heterocycles. The quantitative estimate of drug-likeness (QED) is 0.281. The largest absolute Gasteiger partial charge is 0.539 e. The minimum absolute atomic E-state index is 0.106. The van der Waals surface area contributed by atoms with Crippen LogP contribution in [-0.4, -0.2) is 40.4 Å². The molecular weight excluding hydrogens is 569 g/mol. The van der Waals surface area contributed by atoms with Crippen molar-refractivity contribution < 1.29 is 17.6 Å². The molecule has 2 bridgehead atoms. The van der Waals surface area contributed by atoms with E-state index in [1.165, 1.54) is 20.8 Å². The third-order valence-corrected chi connectivity index (χ3v) is 17.5. The standard InChI is InChI=1S/C32H38N2O4S2Si/c1-20-8-12-24(13-9-20)40(35,36)34-19-21-14-15-33-23-11-10-22-16-27(38-41(6,7)31(2,3)4)39-32(22,18-23)25-17-26(37-5)30(34)28(21)29(25)33/h8-10,12-13,16-17,19,23H,11,14-15,18H2,1-7H3/t23-,32+/m0/s1. The summed E-state index contributed by atoms with van der Waals surface area (Å²) in [6.07, 6.45) is 9.31. The van der Waals surface area contributed by atoms with Crippen molar-refractivity contribution in [2.24, 2.45) is 0 Å². The van der Waals surface area contributed by atoms with Crippen LogP contribution in [0.2, 0.25) is 18.1 Å². The van der Waals surface area contributed by atoms with E-state index in [1.54, 1.807) is 19.2 Å². The van der Waals surface area contributed by atoms with Crippen molar-refractivity contribution in [2.75, 3.05) is 18.6 Å². The molecule has 9 heteroatoms. The Morgan fingerprint density at radius 3 is 2.56 bits per heavy atom. The molecular formula is C32H38N2O4S2Si. The number of nitrogens with zero attached hydrogens (tertiary/aromatic N) is 2. The molecule has 2 atom stereocenters. The zero-order valence-electron chi connectivity index (χ0n) is 24.9. The molecule has 4 aliphatic rings. The Labute approximate surface area is 248 Å². The maximum Gasteiger partial charge on any atom is 0.268 e. The Kier molecular flexibility index (Phi) is 5.78. The number of ether oxygens (including phenoxy) is 1. The van der Waals surface area contributed by atoms with Crippen LogP contribution in [0, 0.1) is 6.92 Å². The van der Waals surface area contributed by atoms with E-state index in [0.29, 0.717) is 17.3 Å². The number of rotatable bonds is 5. The highest BCUT2D eigenvalue weighted by Gasteiger charge is 2.54. The Bertz CT molecular complexity index is 1780. The van der Waals surface area contributed by atoms with Crippen molar-refractivity contribution in [3.63, 3.8) is 0 Å². The highest BCUT2D eigenvalue weighted by Crippen LogP contribution is 2.65. The van der Waals surface area contributed by atoms with E-state index < -0.39 is 18.3 Å². The molecule has 1 aliphatic carbocycles. The third-order valence-electron chi connectivity index (χ3n) is 9.94. The summed E-state index contributed by atoms with van der Waals surface area (Å²) in [5, 5.41) is 2.14. The van der Waals surface area contributed by atoms with Crippen molar-refractivity contribution in [1.29, 1.82) is 0 Å². The first-order valence-corrected chi connectivity index (χ1v) is 19.6. The van der Waals surface area contributed by atoms with E-state index >= 15 is 0 Å². The molecule has 1 aromatic heterocycles. The van der Waals surface area contributed by atoms with Gasteiger partial charge in [0, 0.05) is 29.7 Å². The average Bonchev–Trinajstić information content (AvgIpc) is 3.47. The molecule has 216 valence electrons. The molecule has 1 spiro atoms. The zero-order chi connectivity index (χ0) is 29.1. The second kappa shape index (κ2) is 8.71. The summed E-state index contributed by atoms with van der Waals surface area (Å²) in [6.45, 7) is 14.3. The summed E-state index contributed by atoms with van der Waals surface area (Å²) in [5.41, 5.74) is 6.43. The lowest BCUT2D eigenvalue weighted by molar-refractivity contribution is 0.413. The molecule has 0 amide bonds. The molecule has 6 nitrogen and oxygen atoms in total. The fraction of sp³-hybridized carbons (Fsp3) is 0.438. The second-order valence-corrected chi connectivity index (χ2v) is 21.3. The molecule has 0 N–H and O–H groups in total. The number of hydrogen-bond donors (Lipinski definition) is 0. The van der Waals surface area contributed by atoms with E-state index in [-0.39, 0.29) is 14.7 Å². The van der Waals surface area contributed by atoms with E-state index in [1.807, 2.05) is 37.0 Å². The van der Waals surface area contributed by atoms with Gasteiger partial charge >= 0.3 is 0 Å². The topological polar surface area (TPSA) is 60.8 Å². The number of aryl methyl sites for hydroxylation is 1. The fourth-order valence-electron chi connectivity index (χ4n) is 6.69. The number of aromatic nitrogens is 1. The lowest BCUT2D eigenvalue weighted by Crippen LogP contribution is -2.49. The highest BCUT2D eigenvalue weighted by molar-refractivity contribution is 8.04. The predicted molar refractivity (Wildman–Crippen MR) is 170 cm³/mol. The van der Waals surface area contributed by atoms with Crippen LogP contribution in [0.1, 0.15) is 50.3 Å². The van der Waals surface area contributed by atoms with Gasteiger partial charge in [-0.2, -0.15) is 0 Å². The Morgan fingerprint density at radius 2 is 1.88 bits per heavy atom. The number of methoxy groups -OCH3 is 1. The van der Waals surface area contributed by atoms with Gasteiger partial charge in [-0.3, -0.25) is 0 Å². The molecule has 0 saturated heterocycles. The van der Waals surface area contributed by atoms with Crippen molar-refractivity contribution in [3.8, 4) is 5.75 Å². The Balaban J connectivity index is 1.42. The van der Waals surface area contributed by atoms with Crippen LogP contribution in [0.15, 0.2) is 64.2 Å². The first-order valence-electron chi connectivity index (χ1n) is 14.4. The van der Waals surface area contributed by atoms with E-state index in [0.717, 1.165) is 47.4 Å². The van der Waals surface area contributed by atoms with Crippen molar-refractivity contribution >= 4 is 46.7 Å². The van der Waals surface area contributed by atoms with Gasteiger partial charge in [-0.25, -0.2) is 12.4 Å². The van der Waals surface area contributed by atoms with Gasteiger partial charge in [-0.05, 0) is 79.7 Å². The SMILES string of the molecule is COc1cc2c3c4c(cn(S(=O)(=O)c5ccc(C)cc5)c14)CCN3[C@H]1CC=C3C=C(O[Si](C)(C)C(C)(C)C)S[C@]32C1. The summed E-state index contributed by atoms with van der Waals surface area (Å²) in [4.78, 5) is 2.82. The van der Waals surface area contributed by atoms with E-state index in [4.69, 9.17) is 9.16 Å². The third kappa shape index (κ3) is 3.77. The van der Waals surface area contributed by atoms with Gasteiger partial charge < -0.3 is 14.1 Å². The fourth-order valence-corrected chi connectivity index (χ4v) is 11.1. The average molecular weight is 607 g/mol. The number of allylic oxidation sites excluding steroid dienone is 1. The highest BCUT2D eigenvalue weighted by atomic mass is 32.2. The predicted octanol–water partition coefficient (Wildman–Crippen LogP) is 7.47. The van der Waals surface area contributed by atoms with Crippen LogP contribution < -0.4 is 9.64 Å². The van der Waals surface area contributed by atoms with Gasteiger partial charge in [-0.1, -0.05) is 56.3 Å². The second-order valence-electron chi connectivity index (χ2n) is 13.4. The summed E-state index contributed by atoms with van der Waals surface area (Å²) < 4.78 is 42.2. The van der Waals surface area contributed by atoms with E-state index in [9.17, 15) is 8.42 Å². The zero-order valence-corrected chi connectivity index (χ0v) is 27.5. The minimum Gasteiger partial charge on any atom is -0.539 e. The van der Waals surface area contributed by atoms with Crippen molar-refractivity contribution in [1.82, 2.24) is 3.97 Å². The number of hydrogen-bond acceptors (Lipinski definition) is 6. The molecule has 3 aromatic rings. The minimum atomic E-state index is -3.82. The maximum absolute atomic E-state index is 14.0. The van der Waals surface area contributed by atoms with E-state index in [2.05, 4.69) is 57.0 Å². The first kappa shape index (κ1) is 27.2. The maximum atomic E-state index is 14.0. The monoisotopic (exact) mass is 606 g/mol. The van der Waals surface area contributed by atoms with Crippen LogP contribution in [0.4, 0.5) is 5.69 Å². The summed E-state index contributed by atoms with van der Waals surface area (Å²) in [5.74, 6) is 0.597. The molecule has 2 aromatic carbocycles. The van der Waals surface area contributed by atoms with Gasteiger partial charge in [0.15, 0.2) is 0 Å². The Morgan fingerprint density at radius 1 is 1.15 bits per heavy atom. The molecule has 41 heavy (non-hydrogen) atoms. The summed E-state index contributed by atoms with van der Waals surface area (Å²) >= 11 is 1.85. The molecule has 0 fully saturated rings. The smallest absolute Gasteiger partial charge is 0.268 e. The number of anilines is 1. The summed E-state index contributed by atoms with van der Waals surface area (Å²) in [7, 11) is -4.19. The molecule has 0 radical (unpaired) electrons. The molecule has 0 saturated carbocycles. The number of benzene rings is 2. The van der Waals surface area contributed by atoms with Crippen LogP contribution in [0.3, 0.4) is 0 Å². The first-order chi connectivity index (χ1) is 19.3. The van der Waals surface area contributed by atoms with Gasteiger partial charge in [0.05, 0.1) is 22.4 Å². The van der Waals surface area contributed by atoms with Gasteiger partial charge in [0.25, 0.3) is 18.3 Å². The molecule has 0 unspecified atom stereocenters. The molecule has 3 aliphatic heterocycles. The number of fused-ring (bicyclic) bond motifs is 2. The normalized spacial score (nSPS) is 23.3. The van der Waals surface area contributed by atoms with Gasteiger partial charge in [-0.15, -0.1) is 0 Å². The summed E-state index contributed by atoms with van der Waals surface area (Å²) in [6, 6.07) is 9.56. The van der Waals surface area contributed by atoms with Gasteiger partial charge in [0.2, 0.25) is 0 Å². The van der Waals surface area contributed by atoms with Crippen LogP contribution in [-0.2, 0) is 25.6 Å². The Hall–Kier alpha value is -2.62. The number of thioether (sulfide) groups is 1. The van der Waals surface area contributed by atoms with Crippen molar-refractivity contribution in [3.05, 3.63) is 76.0 Å². The van der Waals surface area contributed by atoms with Crippen LogP contribution >= 0.6 is 11.8 Å². The van der Waals surface area contributed by atoms with Crippen molar-refractivity contribution in [2.45, 2.75) is 80.8 Å².